The van der Waals surface area contributed by atoms with Gasteiger partial charge in [-0.15, -0.1) is 11.5 Å². The fourth-order valence-electron chi connectivity index (χ4n) is 0.639. The van der Waals surface area contributed by atoms with E-state index in [0.29, 0.717) is 0 Å². The molecule has 0 aromatic rings. The molecule has 0 radical (unpaired) electrons. The molecule has 0 saturated carbocycles. The minimum Gasteiger partial charge on any atom is -0.873 e. The molecule has 0 heterocycles. The molecule has 0 atom stereocenters. The molecule has 0 N–H and O–H groups in total. The predicted octanol–water partition coefficient (Wildman–Crippen LogP) is -6.56. The molecule has 0 amide bonds. The minimum atomic E-state index is -0.932. The SMILES string of the molecule is CCC(=O)C=C([O-])C([O-])=CC(=O)CC.[Na+].[Na+]. The van der Waals surface area contributed by atoms with Gasteiger partial charge in [0.2, 0.25) is 0 Å². The van der Waals surface area contributed by atoms with Crippen LogP contribution in [0.3, 0.4) is 0 Å². The van der Waals surface area contributed by atoms with Crippen LogP contribution in [0.25, 0.3) is 0 Å². The molecule has 4 nitrogen and oxygen atoms in total. The van der Waals surface area contributed by atoms with Crippen LogP contribution in [0.1, 0.15) is 26.7 Å². The molecule has 16 heavy (non-hydrogen) atoms. The van der Waals surface area contributed by atoms with E-state index in [-0.39, 0.29) is 72.0 Å². The summed E-state index contributed by atoms with van der Waals surface area (Å²) in [5.41, 5.74) is 0. The van der Waals surface area contributed by atoms with Crippen LogP contribution in [0.4, 0.5) is 0 Å². The maximum absolute atomic E-state index is 11.0. The van der Waals surface area contributed by atoms with Crippen LogP contribution in [0.15, 0.2) is 23.7 Å². The smallest absolute Gasteiger partial charge is 0.873 e. The van der Waals surface area contributed by atoms with Gasteiger partial charge in [-0.1, -0.05) is 13.8 Å². The molecule has 0 saturated heterocycles. The first kappa shape index (κ1) is 21.7. The standard InChI is InChI=1S/C10H14O4.2Na/c1-3-7(11)5-9(13)10(14)6-8(12)4-2;;/h5-6,13-14H,3-4H2,1-2H3;;/q;2*+1/p-2. The van der Waals surface area contributed by atoms with E-state index in [0.717, 1.165) is 12.2 Å². The Kier molecular flexibility index (Phi) is 16.1. The van der Waals surface area contributed by atoms with Gasteiger partial charge in [-0.2, -0.15) is 0 Å². The average Bonchev–Trinajstić information content (AvgIpc) is 2.17. The molecular formula is C10H12Na2O4. The Balaban J connectivity index is -0.000000845. The Labute approximate surface area is 139 Å². The Bertz CT molecular complexity index is 265. The van der Waals surface area contributed by atoms with Crippen molar-refractivity contribution in [3.8, 4) is 0 Å². The molecule has 0 spiro atoms. The summed E-state index contributed by atoms with van der Waals surface area (Å²) in [6, 6.07) is 0. The van der Waals surface area contributed by atoms with E-state index in [1.807, 2.05) is 0 Å². The minimum absolute atomic E-state index is 0. The molecule has 0 aliphatic carbocycles. The number of allylic oxidation sites excluding steroid dienone is 2. The number of ketones is 2. The first-order valence-corrected chi connectivity index (χ1v) is 4.34. The second kappa shape index (κ2) is 11.9. The topological polar surface area (TPSA) is 80.3 Å². The fourth-order valence-corrected chi connectivity index (χ4v) is 0.639. The van der Waals surface area contributed by atoms with Gasteiger partial charge in [0.05, 0.1) is 0 Å². The number of rotatable bonds is 5. The van der Waals surface area contributed by atoms with Gasteiger partial charge in [0.1, 0.15) is 0 Å². The molecule has 0 rings (SSSR count). The second-order valence-corrected chi connectivity index (χ2v) is 2.66. The van der Waals surface area contributed by atoms with Crippen molar-refractivity contribution in [2.75, 3.05) is 0 Å². The summed E-state index contributed by atoms with van der Waals surface area (Å²) < 4.78 is 0. The Hall–Kier alpha value is 0.420. The molecule has 78 valence electrons. The van der Waals surface area contributed by atoms with Crippen molar-refractivity contribution in [2.45, 2.75) is 26.7 Å². The molecule has 0 aromatic carbocycles. The second-order valence-electron chi connectivity index (χ2n) is 2.66. The fraction of sp³-hybridized carbons (Fsp3) is 0.400. The Morgan fingerprint density at radius 3 is 1.31 bits per heavy atom. The van der Waals surface area contributed by atoms with Gasteiger partial charge in [0.25, 0.3) is 0 Å². The molecule has 0 aliphatic rings. The van der Waals surface area contributed by atoms with Crippen LogP contribution in [0.2, 0.25) is 0 Å². The maximum atomic E-state index is 11.0. The molecule has 0 aliphatic heterocycles. The molecule has 0 bridgehead atoms. The zero-order valence-electron chi connectivity index (χ0n) is 10.2. The van der Waals surface area contributed by atoms with Crippen molar-refractivity contribution in [1.82, 2.24) is 0 Å². The van der Waals surface area contributed by atoms with Gasteiger partial charge < -0.3 is 10.2 Å². The molecule has 0 fully saturated rings. The van der Waals surface area contributed by atoms with E-state index in [4.69, 9.17) is 0 Å². The van der Waals surface area contributed by atoms with Crippen molar-refractivity contribution >= 4 is 11.6 Å². The van der Waals surface area contributed by atoms with Gasteiger partial charge in [-0.25, -0.2) is 0 Å². The number of hydrogen-bond donors (Lipinski definition) is 0. The third kappa shape index (κ3) is 9.63. The first-order valence-electron chi connectivity index (χ1n) is 4.34. The average molecular weight is 242 g/mol. The Morgan fingerprint density at radius 2 is 1.12 bits per heavy atom. The number of carbonyl (C=O) groups excluding carboxylic acids is 2. The summed E-state index contributed by atoms with van der Waals surface area (Å²) in [6.45, 7) is 3.16. The molecular weight excluding hydrogens is 230 g/mol. The summed E-state index contributed by atoms with van der Waals surface area (Å²) in [7, 11) is 0. The van der Waals surface area contributed by atoms with Gasteiger partial charge in [0.15, 0.2) is 11.6 Å². The van der Waals surface area contributed by atoms with Gasteiger partial charge >= 0.3 is 59.1 Å². The van der Waals surface area contributed by atoms with Crippen LogP contribution < -0.4 is 69.3 Å². The zero-order chi connectivity index (χ0) is 11.1. The quantitative estimate of drug-likeness (QED) is 0.208. The first-order chi connectivity index (χ1) is 6.51. The molecule has 0 aromatic heterocycles. The van der Waals surface area contributed by atoms with Crippen molar-refractivity contribution in [3.63, 3.8) is 0 Å². The van der Waals surface area contributed by atoms with Crippen LogP contribution in [-0.2, 0) is 9.59 Å². The van der Waals surface area contributed by atoms with E-state index in [1.54, 1.807) is 13.8 Å². The molecule has 0 unspecified atom stereocenters. The third-order valence-electron chi connectivity index (χ3n) is 1.52. The summed E-state index contributed by atoms with van der Waals surface area (Å²) in [4.78, 5) is 21.5. The molecule has 6 heteroatoms. The predicted molar refractivity (Wildman–Crippen MR) is 46.8 cm³/mol. The third-order valence-corrected chi connectivity index (χ3v) is 1.52. The zero-order valence-corrected chi connectivity index (χ0v) is 14.2. The maximum Gasteiger partial charge on any atom is 1.00 e. The van der Waals surface area contributed by atoms with Crippen LogP contribution in [-0.4, -0.2) is 11.6 Å². The van der Waals surface area contributed by atoms with Crippen molar-refractivity contribution in [1.29, 1.82) is 0 Å². The summed E-state index contributed by atoms with van der Waals surface area (Å²) in [5.74, 6) is -2.70. The Morgan fingerprint density at radius 1 is 0.875 bits per heavy atom. The summed E-state index contributed by atoms with van der Waals surface area (Å²) in [6.07, 6.45) is 1.78. The summed E-state index contributed by atoms with van der Waals surface area (Å²) in [5, 5.41) is 21.9. The monoisotopic (exact) mass is 242 g/mol. The normalized spacial score (nSPS) is 11.1. The van der Waals surface area contributed by atoms with Gasteiger partial charge in [-0.3, -0.25) is 9.59 Å². The van der Waals surface area contributed by atoms with Crippen molar-refractivity contribution in [2.24, 2.45) is 0 Å². The number of carbonyl (C=O) groups is 2. The van der Waals surface area contributed by atoms with Crippen molar-refractivity contribution < 1.29 is 78.9 Å². The number of hydrogen-bond acceptors (Lipinski definition) is 4. The summed E-state index contributed by atoms with van der Waals surface area (Å²) >= 11 is 0. The van der Waals surface area contributed by atoms with E-state index < -0.39 is 23.1 Å². The van der Waals surface area contributed by atoms with Crippen LogP contribution in [0, 0.1) is 0 Å². The largest absolute Gasteiger partial charge is 1.00 e. The van der Waals surface area contributed by atoms with Gasteiger partial charge in [-0.05, 0) is 12.2 Å². The van der Waals surface area contributed by atoms with E-state index in [9.17, 15) is 19.8 Å². The van der Waals surface area contributed by atoms with E-state index in [2.05, 4.69) is 0 Å². The van der Waals surface area contributed by atoms with Crippen LogP contribution >= 0.6 is 0 Å². The van der Waals surface area contributed by atoms with Crippen molar-refractivity contribution in [3.05, 3.63) is 23.7 Å². The van der Waals surface area contributed by atoms with E-state index >= 15 is 0 Å². The van der Waals surface area contributed by atoms with Crippen LogP contribution in [0.5, 0.6) is 0 Å². The van der Waals surface area contributed by atoms with Gasteiger partial charge in [0, 0.05) is 12.8 Å². The van der Waals surface area contributed by atoms with E-state index in [1.165, 1.54) is 0 Å².